The van der Waals surface area contributed by atoms with Crippen molar-refractivity contribution < 1.29 is 23.9 Å². The van der Waals surface area contributed by atoms with Crippen molar-refractivity contribution in [1.82, 2.24) is 4.98 Å². The lowest BCUT2D eigenvalue weighted by Crippen LogP contribution is -2.42. The van der Waals surface area contributed by atoms with Crippen LogP contribution in [0.25, 0.3) is 0 Å². The molecule has 2 aliphatic carbocycles. The maximum Gasteiger partial charge on any atom is 0.305 e. The van der Waals surface area contributed by atoms with E-state index < -0.39 is 5.92 Å². The zero-order valence-electron chi connectivity index (χ0n) is 26.1. The number of hydrogen-bond donors (Lipinski definition) is 2. The van der Waals surface area contributed by atoms with Crippen molar-refractivity contribution in [3.8, 4) is 11.5 Å². The second kappa shape index (κ2) is 12.1. The first-order valence-electron chi connectivity index (χ1n) is 16.0. The molecule has 1 aromatic heterocycles. The van der Waals surface area contributed by atoms with Gasteiger partial charge in [-0.3, -0.25) is 24.1 Å². The Kier molecular flexibility index (Phi) is 7.88. The summed E-state index contributed by atoms with van der Waals surface area (Å²) in [6, 6.07) is 20.1. The van der Waals surface area contributed by atoms with E-state index in [1.54, 1.807) is 42.1 Å². The number of thioether (sulfide) groups is 1. The highest BCUT2D eigenvalue weighted by Crippen LogP contribution is 2.68. The largest absolute Gasteiger partial charge is 0.490 e. The van der Waals surface area contributed by atoms with Crippen LogP contribution in [0, 0.1) is 36.5 Å². The van der Waals surface area contributed by atoms with Crippen LogP contribution >= 0.6 is 34.7 Å². The molecule has 3 amide bonds. The third kappa shape index (κ3) is 5.14. The van der Waals surface area contributed by atoms with Gasteiger partial charge in [-0.15, -0.1) is 11.8 Å². The highest BCUT2D eigenvalue weighted by molar-refractivity contribution is 8.00. The predicted molar refractivity (Wildman–Crippen MR) is 185 cm³/mol. The average molecular weight is 702 g/mol. The number of halogens is 1. The van der Waals surface area contributed by atoms with Crippen molar-refractivity contribution in [2.45, 2.75) is 36.5 Å². The van der Waals surface area contributed by atoms with Gasteiger partial charge in [0.1, 0.15) is 0 Å². The van der Waals surface area contributed by atoms with Crippen LogP contribution in [0.2, 0.25) is 5.02 Å². The number of H-pyrrole nitrogens is 1. The zero-order chi connectivity index (χ0) is 33.3. The summed E-state index contributed by atoms with van der Waals surface area (Å²) in [4.78, 5) is 58.6. The molecule has 7 atom stereocenters. The molecule has 3 heterocycles. The van der Waals surface area contributed by atoms with Gasteiger partial charge in [0, 0.05) is 26.8 Å². The van der Waals surface area contributed by atoms with Crippen LogP contribution in [0.5, 0.6) is 11.5 Å². The number of thiazole rings is 1. The van der Waals surface area contributed by atoms with Crippen molar-refractivity contribution in [3.05, 3.63) is 97.4 Å². The van der Waals surface area contributed by atoms with E-state index in [2.05, 4.69) is 10.3 Å². The topological polar surface area (TPSA) is 118 Å². The SMILES string of the molecule is CCOc1cc([C@@H]2c3sc(=O)[nH]c3S[C@@H]3[C@@H]4C[C@@H]([C@@H]5C(=O)N(c6ccc(C)cc6)C(=O)[C@@H]45)[C@H]23)ccc1OCC(=O)Nc1ccc(Cl)cc1. The number of imide groups is 1. The second-order valence-corrected chi connectivity index (χ2v) is 15.4. The molecule has 8 rings (SSSR count). The number of nitrogens with one attached hydrogen (secondary N) is 2. The van der Waals surface area contributed by atoms with Gasteiger partial charge in [-0.1, -0.05) is 46.7 Å². The minimum absolute atomic E-state index is 0.0113. The number of benzene rings is 3. The fourth-order valence-electron chi connectivity index (χ4n) is 8.32. The summed E-state index contributed by atoms with van der Waals surface area (Å²) in [7, 11) is 0. The lowest BCUT2D eigenvalue weighted by atomic mass is 9.68. The van der Waals surface area contributed by atoms with Gasteiger partial charge in [-0.05, 0) is 92.1 Å². The molecule has 48 heavy (non-hydrogen) atoms. The molecule has 246 valence electrons. The van der Waals surface area contributed by atoms with Crippen LogP contribution in [-0.4, -0.2) is 41.2 Å². The van der Waals surface area contributed by atoms with Crippen molar-refractivity contribution in [2.24, 2.45) is 29.6 Å². The molecule has 9 nitrogen and oxygen atoms in total. The van der Waals surface area contributed by atoms with Crippen molar-refractivity contribution in [3.63, 3.8) is 0 Å². The highest BCUT2D eigenvalue weighted by atomic mass is 35.5. The normalized spacial score (nSPS) is 26.6. The van der Waals surface area contributed by atoms with Gasteiger partial charge in [0.05, 0.1) is 29.2 Å². The molecule has 4 aromatic rings. The van der Waals surface area contributed by atoms with Crippen LogP contribution in [0.4, 0.5) is 11.4 Å². The van der Waals surface area contributed by atoms with Crippen LogP contribution < -0.4 is 24.6 Å². The molecule has 2 saturated carbocycles. The van der Waals surface area contributed by atoms with Crippen LogP contribution in [0.15, 0.2) is 76.6 Å². The predicted octanol–water partition coefficient (Wildman–Crippen LogP) is 6.49. The van der Waals surface area contributed by atoms with E-state index in [4.69, 9.17) is 21.1 Å². The number of ether oxygens (including phenoxy) is 2. The quantitative estimate of drug-likeness (QED) is 0.202. The number of anilines is 2. The first kappa shape index (κ1) is 31.2. The number of aromatic nitrogens is 1. The number of hydrogen-bond acceptors (Lipinski definition) is 8. The zero-order valence-corrected chi connectivity index (χ0v) is 28.5. The number of amides is 3. The smallest absolute Gasteiger partial charge is 0.305 e. The summed E-state index contributed by atoms with van der Waals surface area (Å²) in [5.41, 5.74) is 3.24. The lowest BCUT2D eigenvalue weighted by Gasteiger charge is -2.43. The third-order valence-electron chi connectivity index (χ3n) is 10.1. The molecule has 2 aliphatic heterocycles. The van der Waals surface area contributed by atoms with E-state index in [1.807, 2.05) is 50.2 Å². The fraction of sp³-hybridized carbons (Fsp3) is 0.333. The maximum atomic E-state index is 14.1. The lowest BCUT2D eigenvalue weighted by molar-refractivity contribution is -0.123. The van der Waals surface area contributed by atoms with E-state index in [9.17, 15) is 19.2 Å². The summed E-state index contributed by atoms with van der Waals surface area (Å²) < 4.78 is 12.0. The van der Waals surface area contributed by atoms with Gasteiger partial charge < -0.3 is 19.8 Å². The van der Waals surface area contributed by atoms with E-state index in [1.165, 1.54) is 16.2 Å². The van der Waals surface area contributed by atoms with E-state index in [-0.39, 0.29) is 64.0 Å². The monoisotopic (exact) mass is 701 g/mol. The molecule has 0 spiro atoms. The molecule has 2 bridgehead atoms. The van der Waals surface area contributed by atoms with Crippen LogP contribution in [0.3, 0.4) is 0 Å². The van der Waals surface area contributed by atoms with Gasteiger partial charge in [0.25, 0.3) is 5.91 Å². The Bertz CT molecular complexity index is 1990. The van der Waals surface area contributed by atoms with Gasteiger partial charge in [0.2, 0.25) is 11.8 Å². The molecule has 1 saturated heterocycles. The van der Waals surface area contributed by atoms with Crippen LogP contribution in [0.1, 0.15) is 35.3 Å². The standard InChI is InChI=1S/C36H32ClN3O6S2/c1-3-45-25-14-18(6-13-24(25)46-16-26(41)38-20-9-7-19(37)8-10-20)27-28-22-15-23(31(28)47-33-32(27)48-36(44)39-33)30-29(22)34(42)40(35(30)43)21-11-4-17(2)5-12-21/h4-14,22-23,27-31H,3,15-16H2,1-2H3,(H,38,41)(H,39,44)/t22-,23-,27+,28-,29+,30+,31-/m1/s1. The minimum atomic E-state index is -0.390. The van der Waals surface area contributed by atoms with Gasteiger partial charge in [-0.25, -0.2) is 0 Å². The summed E-state index contributed by atoms with van der Waals surface area (Å²) in [6.45, 7) is 4.02. The average Bonchev–Trinajstić information content (AvgIpc) is 3.81. The highest BCUT2D eigenvalue weighted by Gasteiger charge is 2.69. The molecular formula is C36H32ClN3O6S2. The maximum absolute atomic E-state index is 14.1. The van der Waals surface area contributed by atoms with E-state index in [0.717, 1.165) is 27.5 Å². The number of aryl methyl sites for hydroxylation is 1. The van der Waals surface area contributed by atoms with Crippen molar-refractivity contribution >= 4 is 63.8 Å². The Morgan fingerprint density at radius 3 is 2.42 bits per heavy atom. The minimum Gasteiger partial charge on any atom is -0.490 e. The Morgan fingerprint density at radius 1 is 0.958 bits per heavy atom. The summed E-state index contributed by atoms with van der Waals surface area (Å²) in [6.07, 6.45) is 0.800. The molecule has 12 heteroatoms. The number of nitrogens with zero attached hydrogens (tertiary/aromatic N) is 1. The Labute approximate surface area is 290 Å². The summed E-state index contributed by atoms with van der Waals surface area (Å²) in [5.74, 6) is -0.514. The van der Waals surface area contributed by atoms with E-state index in [0.29, 0.717) is 34.5 Å². The fourth-order valence-corrected chi connectivity index (χ4v) is 11.3. The molecule has 3 fully saturated rings. The summed E-state index contributed by atoms with van der Waals surface area (Å²) >= 11 is 8.82. The molecule has 0 radical (unpaired) electrons. The molecule has 0 unspecified atom stereocenters. The number of aromatic amines is 1. The number of fused-ring (bicyclic) bond motifs is 9. The van der Waals surface area contributed by atoms with Crippen LogP contribution in [-0.2, 0) is 14.4 Å². The van der Waals surface area contributed by atoms with Crippen molar-refractivity contribution in [2.75, 3.05) is 23.4 Å². The van der Waals surface area contributed by atoms with Gasteiger partial charge in [-0.2, -0.15) is 0 Å². The molecule has 4 aliphatic rings. The number of carbonyl (C=O) groups excluding carboxylic acids is 3. The van der Waals surface area contributed by atoms with E-state index >= 15 is 0 Å². The second-order valence-electron chi connectivity index (χ2n) is 12.8. The Morgan fingerprint density at radius 2 is 1.69 bits per heavy atom. The molecular weight excluding hydrogens is 670 g/mol. The van der Waals surface area contributed by atoms with Gasteiger partial charge >= 0.3 is 4.87 Å². The first-order valence-corrected chi connectivity index (χ1v) is 18.1. The molecule has 3 aromatic carbocycles. The van der Waals surface area contributed by atoms with Gasteiger partial charge in [0.15, 0.2) is 18.1 Å². The first-order chi connectivity index (χ1) is 23.2. The third-order valence-corrected chi connectivity index (χ3v) is 13.0. The Balaban J connectivity index is 1.10. The number of rotatable bonds is 8. The number of carbonyl (C=O) groups is 3. The Hall–Kier alpha value is -4.06. The van der Waals surface area contributed by atoms with Crippen molar-refractivity contribution in [1.29, 1.82) is 0 Å². The summed E-state index contributed by atoms with van der Waals surface area (Å²) in [5, 5.41) is 4.27. The molecule has 2 N–H and O–H groups in total.